The van der Waals surface area contributed by atoms with Crippen molar-refractivity contribution in [3.05, 3.63) is 108 Å². The number of aryl methyl sites for hydroxylation is 3. The second kappa shape index (κ2) is 7.84. The Bertz CT molecular complexity index is 1600. The summed E-state index contributed by atoms with van der Waals surface area (Å²) in [5, 5.41) is 7.99. The fraction of sp³-hybridized carbons (Fsp3) is 0.0968. The van der Waals surface area contributed by atoms with Gasteiger partial charge in [-0.05, 0) is 0 Å². The third kappa shape index (κ3) is 3.41. The van der Waals surface area contributed by atoms with E-state index in [9.17, 15) is 0 Å². The summed E-state index contributed by atoms with van der Waals surface area (Å²) >= 11 is 0.997. The van der Waals surface area contributed by atoms with Crippen molar-refractivity contribution in [3.8, 4) is 0 Å². The zero-order chi connectivity index (χ0) is 22.7. The van der Waals surface area contributed by atoms with Crippen LogP contribution in [-0.2, 0) is 0 Å². The van der Waals surface area contributed by atoms with E-state index < -0.39 is 0 Å². The average molecular weight is 618 g/mol. The molecule has 0 aliphatic rings. The van der Waals surface area contributed by atoms with E-state index in [1.54, 1.807) is 0 Å². The van der Waals surface area contributed by atoms with E-state index >= 15 is 0 Å². The fourth-order valence-electron chi connectivity index (χ4n) is 5.24. The summed E-state index contributed by atoms with van der Waals surface area (Å²) in [4.78, 5) is 2.45. The van der Waals surface area contributed by atoms with Gasteiger partial charge in [-0.2, -0.15) is 0 Å². The van der Waals surface area contributed by atoms with Gasteiger partial charge in [0.1, 0.15) is 0 Å². The monoisotopic (exact) mass is 618 g/mol. The Kier molecular flexibility index (Phi) is 4.91. The van der Waals surface area contributed by atoms with Gasteiger partial charge in [0.2, 0.25) is 0 Å². The van der Waals surface area contributed by atoms with Crippen LogP contribution in [0, 0.1) is 20.8 Å². The third-order valence-corrected chi connectivity index (χ3v) is 8.30. The van der Waals surface area contributed by atoms with Gasteiger partial charge < -0.3 is 0 Å². The summed E-state index contributed by atoms with van der Waals surface area (Å²) in [7, 11) is 0. The second-order valence-corrected chi connectivity index (χ2v) is 11.2. The molecule has 6 aromatic carbocycles. The van der Waals surface area contributed by atoms with E-state index in [0.29, 0.717) is 0 Å². The molecule has 0 spiro atoms. The van der Waals surface area contributed by atoms with Gasteiger partial charge in [0.15, 0.2) is 0 Å². The summed E-state index contributed by atoms with van der Waals surface area (Å²) in [5.41, 5.74) is 7.63. The minimum atomic E-state index is 0.997. The third-order valence-electron chi connectivity index (χ3n) is 6.66. The predicted molar refractivity (Wildman–Crippen MR) is 144 cm³/mol. The zero-order valence-electron chi connectivity index (χ0n) is 19.1. The van der Waals surface area contributed by atoms with E-state index in [0.717, 1.165) is 25.8 Å². The Balaban J connectivity index is 1.67. The summed E-state index contributed by atoms with van der Waals surface area (Å²) in [6, 6.07) is 34.1. The maximum atomic E-state index is 2.45. The molecule has 0 N–H and O–H groups in total. The van der Waals surface area contributed by atoms with Crippen molar-refractivity contribution in [2.45, 2.75) is 20.8 Å². The quantitative estimate of drug-likeness (QED) is 0.145. The van der Waals surface area contributed by atoms with Crippen molar-refractivity contribution < 1.29 is 0 Å². The molecule has 0 saturated heterocycles. The van der Waals surface area contributed by atoms with Crippen LogP contribution in [0.1, 0.15) is 16.7 Å². The van der Waals surface area contributed by atoms with Crippen LogP contribution >= 0.6 is 0 Å². The number of hydrogen-bond donors (Lipinski definition) is 0. The number of benzene rings is 6. The second-order valence-electron chi connectivity index (χ2n) is 9.13. The van der Waals surface area contributed by atoms with Crippen molar-refractivity contribution in [2.75, 3.05) is 4.90 Å². The van der Waals surface area contributed by atoms with Gasteiger partial charge in [-0.15, -0.1) is 0 Å². The fourth-order valence-corrected chi connectivity index (χ4v) is 6.37. The molecule has 6 aromatic rings. The van der Waals surface area contributed by atoms with Crippen LogP contribution in [0.5, 0.6) is 0 Å². The molecule has 0 bridgehead atoms. The first-order valence-corrected chi connectivity index (χ1v) is 13.3. The van der Waals surface area contributed by atoms with Gasteiger partial charge in [-0.25, -0.2) is 0 Å². The van der Waals surface area contributed by atoms with Crippen LogP contribution in [0.4, 0.5) is 17.1 Å². The Hall–Kier alpha value is -2.92. The molecular weight excluding hydrogens is 594 g/mol. The van der Waals surface area contributed by atoms with Crippen molar-refractivity contribution >= 4 is 78.3 Å². The van der Waals surface area contributed by atoms with E-state index in [4.69, 9.17) is 0 Å². The Labute approximate surface area is 210 Å². The predicted octanol–water partition coefficient (Wildman–Crippen LogP) is 7.77. The van der Waals surface area contributed by atoms with Crippen LogP contribution in [0.3, 0.4) is 0 Å². The standard InChI is InChI=1S/C31H24N.Pb/c1-20-9-14-29(22(3)15-20)32(27-7-5-4-6-8-27)28-18-25-12-10-23-16-21(2)17-24-11-13-26(19-28)31(25)30(23)24;/h4-7,9-19H,1-3H3;. The van der Waals surface area contributed by atoms with Crippen LogP contribution in [0.25, 0.3) is 32.3 Å². The van der Waals surface area contributed by atoms with Crippen LogP contribution in [0.15, 0.2) is 91.0 Å². The zero-order valence-corrected chi connectivity index (χ0v) is 23.0. The molecule has 1 nitrogen and oxygen atoms in total. The molecule has 6 rings (SSSR count). The van der Waals surface area contributed by atoms with Crippen LogP contribution < -0.4 is 8.02 Å². The molecule has 0 amide bonds. The van der Waals surface area contributed by atoms with E-state index in [2.05, 4.69) is 117 Å². The summed E-state index contributed by atoms with van der Waals surface area (Å²) in [6.45, 7) is 6.56. The molecule has 0 unspecified atom stereocenters. The number of rotatable bonds is 3. The number of hydrogen-bond acceptors (Lipinski definition) is 1. The molecular formula is C31H24NPb. The molecule has 0 aromatic heterocycles. The molecule has 33 heavy (non-hydrogen) atoms. The van der Waals surface area contributed by atoms with Crippen molar-refractivity contribution in [1.29, 1.82) is 0 Å². The topological polar surface area (TPSA) is 3.24 Å². The number of nitrogens with zero attached hydrogens (tertiary/aromatic N) is 1. The number of para-hydroxylation sites is 1. The SMILES string of the molecule is Cc1ccc(N(c2cc3ccc4cc(C)cc5ccc(c2)c3c45)c2cccc[c]2[Pb])c(C)c1. The Morgan fingerprint density at radius 2 is 1.12 bits per heavy atom. The first kappa shape index (κ1) is 20.7. The van der Waals surface area contributed by atoms with Crippen molar-refractivity contribution in [1.82, 2.24) is 0 Å². The van der Waals surface area contributed by atoms with Gasteiger partial charge in [0.05, 0.1) is 0 Å². The van der Waals surface area contributed by atoms with Crippen LogP contribution in [-0.4, -0.2) is 25.8 Å². The molecule has 0 fully saturated rings. The van der Waals surface area contributed by atoms with E-state index in [1.807, 2.05) is 0 Å². The van der Waals surface area contributed by atoms with Gasteiger partial charge >= 0.3 is 212 Å². The Morgan fingerprint density at radius 3 is 1.70 bits per heavy atom. The summed E-state index contributed by atoms with van der Waals surface area (Å²) in [5.74, 6) is 0. The first-order valence-electron chi connectivity index (χ1n) is 11.4. The van der Waals surface area contributed by atoms with E-state index in [-0.39, 0.29) is 0 Å². The molecule has 0 atom stereocenters. The van der Waals surface area contributed by atoms with Crippen LogP contribution in [0.2, 0.25) is 0 Å². The molecule has 157 valence electrons. The Morgan fingerprint density at radius 1 is 0.545 bits per heavy atom. The molecule has 2 heteroatoms. The summed E-state index contributed by atoms with van der Waals surface area (Å²) < 4.78 is 1.40. The normalized spacial score (nSPS) is 11.6. The van der Waals surface area contributed by atoms with Crippen molar-refractivity contribution in [2.24, 2.45) is 0 Å². The first-order chi connectivity index (χ1) is 16.0. The van der Waals surface area contributed by atoms with Gasteiger partial charge in [-0.1, -0.05) is 0 Å². The number of anilines is 3. The summed E-state index contributed by atoms with van der Waals surface area (Å²) in [6.07, 6.45) is 0. The van der Waals surface area contributed by atoms with Gasteiger partial charge in [0, 0.05) is 0 Å². The minimum absolute atomic E-state index is 0.997. The molecule has 0 aliphatic carbocycles. The average Bonchev–Trinajstić information content (AvgIpc) is 2.79. The van der Waals surface area contributed by atoms with Gasteiger partial charge in [-0.3, -0.25) is 0 Å². The maximum absolute atomic E-state index is 2.45. The van der Waals surface area contributed by atoms with E-state index in [1.165, 1.54) is 69.2 Å². The van der Waals surface area contributed by atoms with Gasteiger partial charge in [0.25, 0.3) is 0 Å². The van der Waals surface area contributed by atoms with Crippen molar-refractivity contribution in [3.63, 3.8) is 0 Å². The molecule has 0 heterocycles. The molecule has 0 saturated carbocycles. The molecule has 0 aliphatic heterocycles. The molecule has 3 radical (unpaired) electrons.